The zero-order valence-electron chi connectivity index (χ0n) is 11.5. The molecule has 0 aliphatic heterocycles. The van der Waals surface area contributed by atoms with Crippen LogP contribution in [0.5, 0.6) is 5.75 Å². The number of nitrogens with zero attached hydrogens (tertiary/aromatic N) is 2. The first-order valence-electron chi connectivity index (χ1n) is 6.20. The average Bonchev–Trinajstić information content (AvgIpc) is 2.88. The van der Waals surface area contributed by atoms with Crippen LogP contribution in [0.3, 0.4) is 0 Å². The maximum absolute atomic E-state index is 13.4. The van der Waals surface area contributed by atoms with E-state index in [0.29, 0.717) is 0 Å². The van der Waals surface area contributed by atoms with E-state index < -0.39 is 22.3 Å². The van der Waals surface area contributed by atoms with E-state index in [1.54, 1.807) is 0 Å². The Hall–Kier alpha value is -2.55. The number of hydrogen-bond donors (Lipinski definition) is 1. The first-order chi connectivity index (χ1) is 10.5. The van der Waals surface area contributed by atoms with Gasteiger partial charge in [0, 0.05) is 23.2 Å². The van der Waals surface area contributed by atoms with Crippen molar-refractivity contribution in [3.05, 3.63) is 50.2 Å². The van der Waals surface area contributed by atoms with E-state index >= 15 is 0 Å². The number of nitro groups is 1. The maximum atomic E-state index is 13.4. The first kappa shape index (κ1) is 15.8. The maximum Gasteiger partial charge on any atom is 0.305 e. The van der Waals surface area contributed by atoms with Gasteiger partial charge in [-0.15, -0.1) is 11.3 Å². The van der Waals surface area contributed by atoms with Gasteiger partial charge in [-0.2, -0.15) is 4.39 Å². The van der Waals surface area contributed by atoms with Crippen molar-refractivity contribution in [1.29, 1.82) is 0 Å². The molecule has 1 amide bonds. The number of aromatic nitrogens is 1. The zero-order chi connectivity index (χ0) is 16.1. The van der Waals surface area contributed by atoms with Gasteiger partial charge in [0.1, 0.15) is 10.8 Å². The summed E-state index contributed by atoms with van der Waals surface area (Å²) in [6, 6.07) is 3.09. The summed E-state index contributed by atoms with van der Waals surface area (Å²) in [6.45, 7) is 1.82. The molecule has 9 heteroatoms. The van der Waals surface area contributed by atoms with Crippen LogP contribution in [0.2, 0.25) is 0 Å². The molecule has 1 aromatic carbocycles. The molecule has 1 heterocycles. The average molecular weight is 325 g/mol. The molecule has 0 radical (unpaired) electrons. The van der Waals surface area contributed by atoms with Crippen molar-refractivity contribution in [3.63, 3.8) is 0 Å². The molecule has 2 aromatic rings. The van der Waals surface area contributed by atoms with E-state index in [9.17, 15) is 19.3 Å². The molecular formula is C13H12FN3O4S. The Bertz CT molecular complexity index is 704. The zero-order valence-corrected chi connectivity index (χ0v) is 12.4. The predicted molar refractivity (Wildman–Crippen MR) is 77.2 cm³/mol. The van der Waals surface area contributed by atoms with E-state index in [-0.39, 0.29) is 18.9 Å². The summed E-state index contributed by atoms with van der Waals surface area (Å²) in [4.78, 5) is 25.4. The lowest BCUT2D eigenvalue weighted by molar-refractivity contribution is -0.387. The van der Waals surface area contributed by atoms with Crippen LogP contribution >= 0.6 is 11.3 Å². The molecular weight excluding hydrogens is 313 g/mol. The summed E-state index contributed by atoms with van der Waals surface area (Å²) in [6.07, 6.45) is 0. The minimum absolute atomic E-state index is 0.0448. The highest BCUT2D eigenvalue weighted by atomic mass is 32.1. The number of ether oxygens (including phenoxy) is 1. The van der Waals surface area contributed by atoms with Crippen LogP contribution in [-0.2, 0) is 11.3 Å². The first-order valence-corrected chi connectivity index (χ1v) is 7.08. The summed E-state index contributed by atoms with van der Waals surface area (Å²) in [5.41, 5.74) is 0.239. The van der Waals surface area contributed by atoms with Gasteiger partial charge in [0.25, 0.3) is 5.91 Å². The molecule has 0 saturated carbocycles. The third-order valence-corrected chi connectivity index (χ3v) is 3.56. The molecule has 0 aliphatic rings. The van der Waals surface area contributed by atoms with Gasteiger partial charge in [-0.25, -0.2) is 4.98 Å². The lowest BCUT2D eigenvalue weighted by atomic mass is 10.3. The fourth-order valence-corrected chi connectivity index (χ4v) is 2.29. The van der Waals surface area contributed by atoms with Gasteiger partial charge in [0.15, 0.2) is 6.61 Å². The van der Waals surface area contributed by atoms with Gasteiger partial charge in [0.2, 0.25) is 5.82 Å². The number of amides is 1. The SMILES string of the molecule is Cc1csc(CNC(=O)COc2ccc([N+](=O)[O-])c(F)c2)n1. The fraction of sp³-hybridized carbons (Fsp3) is 0.231. The number of hydrogen-bond acceptors (Lipinski definition) is 6. The quantitative estimate of drug-likeness (QED) is 0.649. The highest BCUT2D eigenvalue weighted by molar-refractivity contribution is 7.09. The number of carbonyl (C=O) groups excluding carboxylic acids is 1. The highest BCUT2D eigenvalue weighted by Crippen LogP contribution is 2.22. The Balaban J connectivity index is 1.83. The Labute approximate surface area is 128 Å². The number of nitro benzene ring substituents is 1. The van der Waals surface area contributed by atoms with Crippen LogP contribution in [0.25, 0.3) is 0 Å². The van der Waals surface area contributed by atoms with Gasteiger partial charge < -0.3 is 10.1 Å². The second-order valence-corrected chi connectivity index (χ2v) is 5.26. The Morgan fingerprint density at radius 2 is 2.32 bits per heavy atom. The van der Waals surface area contributed by atoms with Crippen LogP contribution in [0.1, 0.15) is 10.7 Å². The Morgan fingerprint density at radius 1 is 1.55 bits per heavy atom. The van der Waals surface area contributed by atoms with Crippen LogP contribution in [0.15, 0.2) is 23.6 Å². The number of benzene rings is 1. The van der Waals surface area contributed by atoms with Gasteiger partial charge in [-0.1, -0.05) is 0 Å². The molecule has 116 valence electrons. The molecule has 0 saturated heterocycles. The number of aryl methyl sites for hydroxylation is 1. The van der Waals surface area contributed by atoms with Gasteiger partial charge in [0.05, 0.1) is 11.5 Å². The molecule has 22 heavy (non-hydrogen) atoms. The van der Waals surface area contributed by atoms with Gasteiger partial charge >= 0.3 is 5.69 Å². The minimum atomic E-state index is -1.01. The molecule has 0 unspecified atom stereocenters. The highest BCUT2D eigenvalue weighted by Gasteiger charge is 2.14. The van der Waals surface area contributed by atoms with Gasteiger partial charge in [-0.05, 0) is 13.0 Å². The number of thiazole rings is 1. The molecule has 0 atom stereocenters. The van der Waals surface area contributed by atoms with Crippen molar-refractivity contribution in [2.45, 2.75) is 13.5 Å². The second kappa shape index (κ2) is 6.94. The van der Waals surface area contributed by atoms with E-state index in [1.165, 1.54) is 17.4 Å². The van der Waals surface area contributed by atoms with Crippen molar-refractivity contribution in [2.75, 3.05) is 6.61 Å². The summed E-state index contributed by atoms with van der Waals surface area (Å²) in [5.74, 6) is -1.36. The topological polar surface area (TPSA) is 94.4 Å². The van der Waals surface area contributed by atoms with Crippen LogP contribution < -0.4 is 10.1 Å². The van der Waals surface area contributed by atoms with Crippen molar-refractivity contribution < 1.29 is 18.8 Å². The Morgan fingerprint density at radius 3 is 2.91 bits per heavy atom. The minimum Gasteiger partial charge on any atom is -0.484 e. The largest absolute Gasteiger partial charge is 0.484 e. The summed E-state index contributed by atoms with van der Waals surface area (Å²) < 4.78 is 18.5. The molecule has 1 aromatic heterocycles. The Kier molecular flexibility index (Phi) is 4.99. The van der Waals surface area contributed by atoms with Crippen molar-refractivity contribution in [1.82, 2.24) is 10.3 Å². The predicted octanol–water partition coefficient (Wildman–Crippen LogP) is 2.19. The van der Waals surface area contributed by atoms with Crippen molar-refractivity contribution in [3.8, 4) is 5.75 Å². The molecule has 0 fully saturated rings. The van der Waals surface area contributed by atoms with Crippen molar-refractivity contribution >= 4 is 22.9 Å². The number of rotatable bonds is 6. The number of nitrogens with one attached hydrogen (secondary N) is 1. The van der Waals surface area contributed by atoms with Crippen LogP contribution in [-0.4, -0.2) is 22.4 Å². The normalized spacial score (nSPS) is 10.3. The smallest absolute Gasteiger partial charge is 0.305 e. The summed E-state index contributed by atoms with van der Waals surface area (Å²) in [5, 5.41) is 15.7. The summed E-state index contributed by atoms with van der Waals surface area (Å²) in [7, 11) is 0. The molecule has 7 nitrogen and oxygen atoms in total. The monoisotopic (exact) mass is 325 g/mol. The van der Waals surface area contributed by atoms with E-state index in [1.807, 2.05) is 12.3 Å². The van der Waals surface area contributed by atoms with Crippen LogP contribution in [0.4, 0.5) is 10.1 Å². The molecule has 2 rings (SSSR count). The molecule has 0 aliphatic carbocycles. The van der Waals surface area contributed by atoms with E-state index in [2.05, 4.69) is 10.3 Å². The molecule has 1 N–H and O–H groups in total. The van der Waals surface area contributed by atoms with E-state index in [4.69, 9.17) is 4.74 Å². The number of carbonyl (C=O) groups is 1. The number of halogens is 1. The fourth-order valence-electron chi connectivity index (χ4n) is 1.58. The standard InChI is InChI=1S/C13H12FN3O4S/c1-8-7-22-13(16-8)5-15-12(18)6-21-9-2-3-11(17(19)20)10(14)4-9/h2-4,7H,5-6H2,1H3,(H,15,18). The van der Waals surface area contributed by atoms with Crippen molar-refractivity contribution in [2.24, 2.45) is 0 Å². The summed E-state index contributed by atoms with van der Waals surface area (Å²) >= 11 is 1.43. The third-order valence-electron chi connectivity index (χ3n) is 2.59. The second-order valence-electron chi connectivity index (χ2n) is 4.32. The van der Waals surface area contributed by atoms with Crippen LogP contribution in [0, 0.1) is 22.9 Å². The lowest BCUT2D eigenvalue weighted by Gasteiger charge is -2.06. The van der Waals surface area contributed by atoms with Gasteiger partial charge in [-0.3, -0.25) is 14.9 Å². The molecule has 0 bridgehead atoms. The van der Waals surface area contributed by atoms with E-state index in [0.717, 1.165) is 22.8 Å². The molecule has 0 spiro atoms. The third kappa shape index (κ3) is 4.22. The lowest BCUT2D eigenvalue weighted by Crippen LogP contribution is -2.28.